The summed E-state index contributed by atoms with van der Waals surface area (Å²) in [5.41, 5.74) is -1.45. The lowest BCUT2D eigenvalue weighted by molar-refractivity contribution is -0.120. The lowest BCUT2D eigenvalue weighted by Crippen LogP contribution is -2.29. The van der Waals surface area contributed by atoms with E-state index in [1.807, 2.05) is 0 Å². The molecule has 0 bridgehead atoms. The van der Waals surface area contributed by atoms with Gasteiger partial charge in [-0.15, -0.1) is 0 Å². The van der Waals surface area contributed by atoms with Crippen molar-refractivity contribution in [1.82, 2.24) is 0 Å². The molecule has 13 heavy (non-hydrogen) atoms. The molecule has 0 radical (unpaired) electrons. The van der Waals surface area contributed by atoms with Crippen molar-refractivity contribution in [3.63, 3.8) is 0 Å². The van der Waals surface area contributed by atoms with Crippen LogP contribution >= 0.6 is 0 Å². The van der Waals surface area contributed by atoms with Crippen LogP contribution in [0.1, 0.15) is 33.6 Å². The minimum absolute atomic E-state index is 0.573. The summed E-state index contributed by atoms with van der Waals surface area (Å²) >= 11 is 0. The van der Waals surface area contributed by atoms with E-state index >= 15 is 0 Å². The molecular weight excluding hydrogens is 172 g/mol. The first-order chi connectivity index (χ1) is 5.87. The average molecular weight is 186 g/mol. The Morgan fingerprint density at radius 1 is 1.38 bits per heavy atom. The van der Waals surface area contributed by atoms with E-state index in [0.29, 0.717) is 19.1 Å². The fraction of sp³-hybridized carbons (Fsp3) is 0.778. The Balaban J connectivity index is 2.38. The van der Waals surface area contributed by atoms with E-state index in [1.54, 1.807) is 20.8 Å². The topological polar surface area (TPSA) is 52.6 Å². The number of hydrogen-bond donors (Lipinski definition) is 0. The Morgan fingerprint density at radius 2 is 1.92 bits per heavy atom. The lowest BCUT2D eigenvalue weighted by Gasteiger charge is -2.20. The summed E-state index contributed by atoms with van der Waals surface area (Å²) in [5, 5.41) is 0. The number of carbonyl (C=O) groups is 2. The van der Waals surface area contributed by atoms with Crippen molar-refractivity contribution in [3.05, 3.63) is 0 Å². The molecule has 0 heterocycles. The molecule has 4 nitrogen and oxygen atoms in total. The molecule has 0 unspecified atom stereocenters. The van der Waals surface area contributed by atoms with Crippen molar-refractivity contribution < 1.29 is 19.1 Å². The highest BCUT2D eigenvalue weighted by Crippen LogP contribution is 2.37. The van der Waals surface area contributed by atoms with E-state index in [0.717, 1.165) is 0 Å². The molecule has 0 atom stereocenters. The minimum Gasteiger partial charge on any atom is -0.429 e. The highest BCUT2D eigenvalue weighted by molar-refractivity contribution is 5.73. The van der Waals surface area contributed by atoms with Gasteiger partial charge < -0.3 is 9.47 Å². The number of carbonyl (C=O) groups excluding carboxylic acids is 2. The van der Waals surface area contributed by atoms with Gasteiger partial charge in [0.2, 0.25) is 0 Å². The summed E-state index contributed by atoms with van der Waals surface area (Å²) in [6.07, 6.45) is 1.11. The van der Waals surface area contributed by atoms with Gasteiger partial charge in [-0.3, -0.25) is 4.79 Å². The highest BCUT2D eigenvalue weighted by Gasteiger charge is 2.48. The van der Waals surface area contributed by atoms with Gasteiger partial charge >= 0.3 is 6.16 Å². The van der Waals surface area contributed by atoms with Crippen LogP contribution in [0.4, 0.5) is 4.79 Å². The molecule has 0 aromatic rings. The van der Waals surface area contributed by atoms with Crippen LogP contribution in [0.3, 0.4) is 0 Å². The van der Waals surface area contributed by atoms with Crippen molar-refractivity contribution in [2.75, 3.05) is 0 Å². The first-order valence-corrected chi connectivity index (χ1v) is 4.25. The lowest BCUT2D eigenvalue weighted by atomic mass is 10.2. The highest BCUT2D eigenvalue weighted by atomic mass is 16.7. The summed E-state index contributed by atoms with van der Waals surface area (Å²) in [6, 6.07) is 0. The Kier molecular flexibility index (Phi) is 2.32. The van der Waals surface area contributed by atoms with Gasteiger partial charge in [-0.1, -0.05) is 0 Å². The van der Waals surface area contributed by atoms with Crippen LogP contribution in [0, 0.1) is 0 Å². The van der Waals surface area contributed by atoms with E-state index < -0.39 is 17.4 Å². The number of rotatable bonds is 2. The first kappa shape index (κ1) is 10.0. The largest absolute Gasteiger partial charge is 0.509 e. The molecule has 1 aliphatic carbocycles. The van der Waals surface area contributed by atoms with E-state index in [2.05, 4.69) is 0 Å². The second-order valence-corrected chi connectivity index (χ2v) is 4.25. The maximum atomic E-state index is 11.1. The predicted octanol–water partition coefficient (Wildman–Crippen LogP) is 1.67. The molecule has 0 aromatic heterocycles. The summed E-state index contributed by atoms with van der Waals surface area (Å²) in [5.74, 6) is 0. The standard InChI is InChI=1S/C9H14O4/c1-8(2,3)12-7(11)13-9(6-10)4-5-9/h6H,4-5H2,1-3H3. The minimum atomic E-state index is -0.873. The zero-order valence-electron chi connectivity index (χ0n) is 8.12. The Morgan fingerprint density at radius 3 is 2.23 bits per heavy atom. The monoisotopic (exact) mass is 186 g/mol. The molecule has 0 N–H and O–H groups in total. The Hall–Kier alpha value is -1.06. The van der Waals surface area contributed by atoms with Crippen LogP contribution in [0.15, 0.2) is 0 Å². The molecule has 0 spiro atoms. The predicted molar refractivity (Wildman–Crippen MR) is 45.3 cm³/mol. The summed E-state index contributed by atoms with van der Waals surface area (Å²) in [4.78, 5) is 21.5. The molecule has 1 fully saturated rings. The van der Waals surface area contributed by atoms with E-state index in [-0.39, 0.29) is 0 Å². The SMILES string of the molecule is CC(C)(C)OC(=O)OC1(C=O)CC1. The molecule has 1 saturated carbocycles. The van der Waals surface area contributed by atoms with E-state index in [1.165, 1.54) is 0 Å². The van der Waals surface area contributed by atoms with Crippen LogP contribution in [0.5, 0.6) is 0 Å². The third-order valence-electron chi connectivity index (χ3n) is 1.63. The van der Waals surface area contributed by atoms with Gasteiger partial charge in [0.1, 0.15) is 5.60 Å². The van der Waals surface area contributed by atoms with Gasteiger partial charge in [0, 0.05) is 0 Å². The zero-order valence-corrected chi connectivity index (χ0v) is 8.12. The van der Waals surface area contributed by atoms with Crippen LogP contribution in [-0.4, -0.2) is 23.6 Å². The molecule has 0 saturated heterocycles. The van der Waals surface area contributed by atoms with Crippen molar-refractivity contribution in [3.8, 4) is 0 Å². The third kappa shape index (κ3) is 3.05. The fourth-order valence-electron chi connectivity index (χ4n) is 0.804. The first-order valence-electron chi connectivity index (χ1n) is 4.25. The van der Waals surface area contributed by atoms with Gasteiger partial charge in [0.05, 0.1) is 0 Å². The smallest absolute Gasteiger partial charge is 0.429 e. The van der Waals surface area contributed by atoms with Gasteiger partial charge in [-0.05, 0) is 33.6 Å². The fourth-order valence-corrected chi connectivity index (χ4v) is 0.804. The molecule has 0 amide bonds. The second-order valence-electron chi connectivity index (χ2n) is 4.25. The normalized spacial score (nSPS) is 19.0. The maximum Gasteiger partial charge on any atom is 0.509 e. The van der Waals surface area contributed by atoms with Crippen molar-refractivity contribution in [2.45, 2.75) is 44.8 Å². The molecule has 0 aromatic carbocycles. The number of aldehydes is 1. The molecule has 1 aliphatic rings. The molecular formula is C9H14O4. The van der Waals surface area contributed by atoms with Gasteiger partial charge in [-0.25, -0.2) is 4.79 Å². The van der Waals surface area contributed by atoms with Crippen LogP contribution in [-0.2, 0) is 14.3 Å². The van der Waals surface area contributed by atoms with Crippen LogP contribution < -0.4 is 0 Å². The third-order valence-corrected chi connectivity index (χ3v) is 1.63. The van der Waals surface area contributed by atoms with Crippen molar-refractivity contribution >= 4 is 12.4 Å². The van der Waals surface area contributed by atoms with Gasteiger partial charge in [0.15, 0.2) is 11.9 Å². The summed E-state index contributed by atoms with van der Waals surface area (Å²) < 4.78 is 9.74. The molecule has 74 valence electrons. The number of hydrogen-bond acceptors (Lipinski definition) is 4. The van der Waals surface area contributed by atoms with Gasteiger partial charge in [0.25, 0.3) is 0 Å². The second kappa shape index (κ2) is 3.01. The Labute approximate surface area is 77.2 Å². The molecule has 4 heteroatoms. The zero-order chi connectivity index (χ0) is 10.1. The van der Waals surface area contributed by atoms with E-state index in [9.17, 15) is 9.59 Å². The summed E-state index contributed by atoms with van der Waals surface area (Å²) in [6.45, 7) is 5.23. The van der Waals surface area contributed by atoms with Gasteiger partial charge in [-0.2, -0.15) is 0 Å². The molecule has 1 rings (SSSR count). The quantitative estimate of drug-likeness (QED) is 0.486. The number of ether oxygens (including phenoxy) is 2. The maximum absolute atomic E-state index is 11.1. The molecule has 0 aliphatic heterocycles. The van der Waals surface area contributed by atoms with Crippen molar-refractivity contribution in [2.24, 2.45) is 0 Å². The van der Waals surface area contributed by atoms with Crippen LogP contribution in [0.2, 0.25) is 0 Å². The van der Waals surface area contributed by atoms with Crippen LogP contribution in [0.25, 0.3) is 0 Å². The van der Waals surface area contributed by atoms with E-state index in [4.69, 9.17) is 9.47 Å². The van der Waals surface area contributed by atoms with Crippen molar-refractivity contribution in [1.29, 1.82) is 0 Å². The average Bonchev–Trinajstić information content (AvgIpc) is 2.65. The summed E-state index contributed by atoms with van der Waals surface area (Å²) in [7, 11) is 0. The Bertz CT molecular complexity index is 222.